The second kappa shape index (κ2) is 3.82. The standard InChI is InChI=1S/C12H15N3/c1-8-4-10(8)7-15-12-3-2-9(6-13)5-11(12)14/h2-3,5,8,10,15H,4,7,14H2,1H3. The van der Waals surface area contributed by atoms with Crippen molar-refractivity contribution in [3.8, 4) is 6.07 Å². The Labute approximate surface area is 89.9 Å². The van der Waals surface area contributed by atoms with E-state index in [4.69, 9.17) is 11.0 Å². The molecule has 0 heterocycles. The third kappa shape index (κ3) is 2.21. The minimum absolute atomic E-state index is 0.609. The molecule has 3 nitrogen and oxygen atoms in total. The predicted octanol–water partition coefficient (Wildman–Crippen LogP) is 2.21. The number of benzene rings is 1. The number of anilines is 2. The molecule has 1 aromatic rings. The first-order chi connectivity index (χ1) is 7.20. The van der Waals surface area contributed by atoms with Crippen molar-refractivity contribution in [2.24, 2.45) is 11.8 Å². The maximum atomic E-state index is 8.69. The number of hydrogen-bond acceptors (Lipinski definition) is 3. The third-order valence-electron chi connectivity index (χ3n) is 3.01. The zero-order valence-electron chi connectivity index (χ0n) is 8.83. The molecule has 0 radical (unpaired) electrons. The Kier molecular flexibility index (Phi) is 2.51. The lowest BCUT2D eigenvalue weighted by molar-refractivity contribution is 0.787. The molecule has 1 fully saturated rings. The Morgan fingerprint density at radius 2 is 2.33 bits per heavy atom. The van der Waals surface area contributed by atoms with Crippen LogP contribution in [0.2, 0.25) is 0 Å². The average Bonchev–Trinajstić information content (AvgIpc) is 2.93. The van der Waals surface area contributed by atoms with Crippen molar-refractivity contribution in [2.75, 3.05) is 17.6 Å². The van der Waals surface area contributed by atoms with Crippen LogP contribution in [0, 0.1) is 23.2 Å². The maximum Gasteiger partial charge on any atom is 0.0992 e. The molecule has 15 heavy (non-hydrogen) atoms. The molecule has 1 aliphatic carbocycles. The highest BCUT2D eigenvalue weighted by Crippen LogP contribution is 2.37. The molecule has 0 aromatic heterocycles. The molecular formula is C12H15N3. The summed E-state index contributed by atoms with van der Waals surface area (Å²) < 4.78 is 0. The summed E-state index contributed by atoms with van der Waals surface area (Å²) in [5.74, 6) is 1.64. The molecule has 1 aliphatic rings. The molecule has 0 spiro atoms. The SMILES string of the molecule is CC1CC1CNc1ccc(C#N)cc1N. The zero-order valence-corrected chi connectivity index (χ0v) is 8.83. The Hall–Kier alpha value is -1.69. The van der Waals surface area contributed by atoms with Crippen LogP contribution in [0.3, 0.4) is 0 Å². The van der Waals surface area contributed by atoms with E-state index in [1.54, 1.807) is 12.1 Å². The third-order valence-corrected chi connectivity index (χ3v) is 3.01. The molecule has 1 saturated carbocycles. The topological polar surface area (TPSA) is 61.8 Å². The van der Waals surface area contributed by atoms with Crippen LogP contribution in [0.1, 0.15) is 18.9 Å². The van der Waals surface area contributed by atoms with Gasteiger partial charge < -0.3 is 11.1 Å². The molecule has 1 aromatic carbocycles. The lowest BCUT2D eigenvalue weighted by Crippen LogP contribution is -2.06. The molecule has 2 rings (SSSR count). The van der Waals surface area contributed by atoms with Gasteiger partial charge in [0.15, 0.2) is 0 Å². The molecule has 0 bridgehead atoms. The van der Waals surface area contributed by atoms with Crippen molar-refractivity contribution in [3.05, 3.63) is 23.8 Å². The number of nitrogens with one attached hydrogen (secondary N) is 1. The van der Waals surface area contributed by atoms with Gasteiger partial charge in [0, 0.05) is 6.54 Å². The number of nitrogens with two attached hydrogens (primary N) is 1. The normalized spacial score (nSPS) is 23.2. The van der Waals surface area contributed by atoms with Crippen LogP contribution < -0.4 is 11.1 Å². The second-order valence-corrected chi connectivity index (χ2v) is 4.27. The van der Waals surface area contributed by atoms with Crippen molar-refractivity contribution >= 4 is 11.4 Å². The number of hydrogen-bond donors (Lipinski definition) is 2. The van der Waals surface area contributed by atoms with Crippen LogP contribution in [0.25, 0.3) is 0 Å². The Morgan fingerprint density at radius 3 is 2.87 bits per heavy atom. The summed E-state index contributed by atoms with van der Waals surface area (Å²) in [6.07, 6.45) is 1.31. The van der Waals surface area contributed by atoms with Gasteiger partial charge in [0.05, 0.1) is 23.0 Å². The average molecular weight is 201 g/mol. The van der Waals surface area contributed by atoms with Crippen LogP contribution in [-0.4, -0.2) is 6.54 Å². The van der Waals surface area contributed by atoms with E-state index in [0.29, 0.717) is 11.3 Å². The summed E-state index contributed by atoms with van der Waals surface area (Å²) in [6, 6.07) is 7.44. The van der Waals surface area contributed by atoms with Crippen LogP contribution >= 0.6 is 0 Å². The summed E-state index contributed by atoms with van der Waals surface area (Å²) in [7, 11) is 0. The Bertz CT molecular complexity index is 406. The van der Waals surface area contributed by atoms with E-state index in [1.807, 2.05) is 6.07 Å². The van der Waals surface area contributed by atoms with Gasteiger partial charge in [-0.05, 0) is 36.5 Å². The van der Waals surface area contributed by atoms with Gasteiger partial charge in [0.25, 0.3) is 0 Å². The molecule has 0 aliphatic heterocycles. The second-order valence-electron chi connectivity index (χ2n) is 4.27. The fraction of sp³-hybridized carbons (Fsp3) is 0.417. The Morgan fingerprint density at radius 1 is 1.60 bits per heavy atom. The van der Waals surface area contributed by atoms with Crippen LogP contribution in [0.4, 0.5) is 11.4 Å². The molecule has 0 saturated heterocycles. The number of nitrogens with zero attached hydrogens (tertiary/aromatic N) is 1. The Balaban J connectivity index is 1.99. The molecule has 2 atom stereocenters. The molecule has 3 N–H and O–H groups in total. The van der Waals surface area contributed by atoms with Crippen molar-refractivity contribution in [2.45, 2.75) is 13.3 Å². The number of nitrogen functional groups attached to an aromatic ring is 1. The van der Waals surface area contributed by atoms with Gasteiger partial charge in [0.2, 0.25) is 0 Å². The highest BCUT2D eigenvalue weighted by molar-refractivity contribution is 5.68. The first-order valence-electron chi connectivity index (χ1n) is 5.24. The lowest BCUT2D eigenvalue weighted by Gasteiger charge is -2.08. The fourth-order valence-electron chi connectivity index (χ4n) is 1.72. The van der Waals surface area contributed by atoms with Gasteiger partial charge in [-0.3, -0.25) is 0 Å². The van der Waals surface area contributed by atoms with Crippen molar-refractivity contribution in [3.63, 3.8) is 0 Å². The minimum atomic E-state index is 0.609. The van der Waals surface area contributed by atoms with Gasteiger partial charge >= 0.3 is 0 Å². The van der Waals surface area contributed by atoms with E-state index in [2.05, 4.69) is 18.3 Å². The van der Waals surface area contributed by atoms with E-state index in [-0.39, 0.29) is 0 Å². The zero-order chi connectivity index (χ0) is 10.8. The first kappa shape index (κ1) is 9.85. The number of rotatable bonds is 3. The van der Waals surface area contributed by atoms with Gasteiger partial charge in [-0.25, -0.2) is 0 Å². The van der Waals surface area contributed by atoms with E-state index in [9.17, 15) is 0 Å². The van der Waals surface area contributed by atoms with Crippen LogP contribution in [0.5, 0.6) is 0 Å². The van der Waals surface area contributed by atoms with Gasteiger partial charge in [-0.2, -0.15) is 5.26 Å². The molecule has 78 valence electrons. The molecule has 3 heteroatoms. The van der Waals surface area contributed by atoms with Gasteiger partial charge in [0.1, 0.15) is 0 Å². The van der Waals surface area contributed by atoms with E-state index in [1.165, 1.54) is 6.42 Å². The van der Waals surface area contributed by atoms with E-state index < -0.39 is 0 Å². The molecular weight excluding hydrogens is 186 g/mol. The smallest absolute Gasteiger partial charge is 0.0992 e. The summed E-state index contributed by atoms with van der Waals surface area (Å²) >= 11 is 0. The van der Waals surface area contributed by atoms with Crippen LogP contribution in [0.15, 0.2) is 18.2 Å². The molecule has 2 unspecified atom stereocenters. The van der Waals surface area contributed by atoms with E-state index in [0.717, 1.165) is 24.1 Å². The van der Waals surface area contributed by atoms with E-state index >= 15 is 0 Å². The fourth-order valence-corrected chi connectivity index (χ4v) is 1.72. The van der Waals surface area contributed by atoms with Gasteiger partial charge in [-0.15, -0.1) is 0 Å². The van der Waals surface area contributed by atoms with Gasteiger partial charge in [-0.1, -0.05) is 6.92 Å². The van der Waals surface area contributed by atoms with Crippen molar-refractivity contribution < 1.29 is 0 Å². The number of nitriles is 1. The van der Waals surface area contributed by atoms with Crippen molar-refractivity contribution in [1.29, 1.82) is 5.26 Å². The minimum Gasteiger partial charge on any atom is -0.397 e. The monoisotopic (exact) mass is 201 g/mol. The summed E-state index contributed by atoms with van der Waals surface area (Å²) in [4.78, 5) is 0. The lowest BCUT2D eigenvalue weighted by atomic mass is 10.2. The molecule has 0 amide bonds. The highest BCUT2D eigenvalue weighted by atomic mass is 14.9. The first-order valence-corrected chi connectivity index (χ1v) is 5.24. The predicted molar refractivity (Wildman–Crippen MR) is 61.3 cm³/mol. The maximum absolute atomic E-state index is 8.69. The summed E-state index contributed by atoms with van der Waals surface area (Å²) in [6.45, 7) is 3.24. The summed E-state index contributed by atoms with van der Waals surface area (Å²) in [5.41, 5.74) is 8.03. The highest BCUT2D eigenvalue weighted by Gasteiger charge is 2.31. The quantitative estimate of drug-likeness (QED) is 0.737. The van der Waals surface area contributed by atoms with Crippen molar-refractivity contribution in [1.82, 2.24) is 0 Å². The largest absolute Gasteiger partial charge is 0.397 e. The summed E-state index contributed by atoms with van der Waals surface area (Å²) in [5, 5.41) is 12.0. The van der Waals surface area contributed by atoms with Crippen LogP contribution in [-0.2, 0) is 0 Å².